The molecule has 6 nitrogen and oxygen atoms in total. The summed E-state index contributed by atoms with van der Waals surface area (Å²) < 4.78 is 5.23. The zero-order valence-electron chi connectivity index (χ0n) is 13.0. The quantitative estimate of drug-likeness (QED) is 0.906. The van der Waals surface area contributed by atoms with E-state index >= 15 is 0 Å². The van der Waals surface area contributed by atoms with Crippen LogP contribution in [0, 0.1) is 0 Å². The van der Waals surface area contributed by atoms with Crippen molar-refractivity contribution < 1.29 is 19.4 Å². The molecule has 3 rings (SSSR count). The van der Waals surface area contributed by atoms with E-state index in [-0.39, 0.29) is 12.3 Å². The Labute approximate surface area is 134 Å². The normalized spacial score (nSPS) is 18.1. The summed E-state index contributed by atoms with van der Waals surface area (Å²) >= 11 is 0. The molecule has 2 N–H and O–H groups in total. The molecule has 0 radical (unpaired) electrons. The molecule has 0 unspecified atom stereocenters. The standard InChI is InChI=1S/C17H20N2O4/c1-23-12-5-6-14-13(9-12)11(10-18-14)8-16(20)19-7-3-2-4-15(19)17(21)22/h5-6,9-10,15,18H,2-4,7-8H2,1H3,(H,21,22)/t15-/m0/s1. The first kappa shape index (κ1) is 15.4. The first-order chi connectivity index (χ1) is 11.1. The van der Waals surface area contributed by atoms with E-state index < -0.39 is 12.0 Å². The van der Waals surface area contributed by atoms with Gasteiger partial charge >= 0.3 is 5.97 Å². The zero-order valence-corrected chi connectivity index (χ0v) is 13.0. The number of carbonyl (C=O) groups is 2. The van der Waals surface area contributed by atoms with E-state index in [1.165, 1.54) is 4.90 Å². The third-order valence-electron chi connectivity index (χ3n) is 4.42. The van der Waals surface area contributed by atoms with Crippen LogP contribution >= 0.6 is 0 Å². The van der Waals surface area contributed by atoms with E-state index in [2.05, 4.69) is 4.98 Å². The van der Waals surface area contributed by atoms with Crippen molar-refractivity contribution in [2.75, 3.05) is 13.7 Å². The van der Waals surface area contributed by atoms with Gasteiger partial charge in [0.1, 0.15) is 11.8 Å². The Morgan fingerprint density at radius 2 is 2.22 bits per heavy atom. The number of likely N-dealkylation sites (tertiary alicyclic amines) is 1. The maximum Gasteiger partial charge on any atom is 0.326 e. The van der Waals surface area contributed by atoms with Gasteiger partial charge in [-0.1, -0.05) is 0 Å². The van der Waals surface area contributed by atoms with E-state index in [0.29, 0.717) is 13.0 Å². The number of aromatic nitrogens is 1. The number of rotatable bonds is 4. The molecule has 122 valence electrons. The third kappa shape index (κ3) is 3.02. The minimum absolute atomic E-state index is 0.138. The van der Waals surface area contributed by atoms with Gasteiger partial charge in [0, 0.05) is 23.6 Å². The molecule has 1 aromatic carbocycles. The number of aliphatic carboxylic acids is 1. The first-order valence-electron chi connectivity index (χ1n) is 7.76. The summed E-state index contributed by atoms with van der Waals surface area (Å²) in [6, 6.07) is 4.95. The number of carboxylic acids is 1. The molecule has 1 aromatic heterocycles. The Balaban J connectivity index is 1.83. The number of carboxylic acid groups (broad SMARTS) is 1. The highest BCUT2D eigenvalue weighted by Crippen LogP contribution is 2.25. The Hall–Kier alpha value is -2.50. The maximum atomic E-state index is 12.6. The molecule has 0 bridgehead atoms. The van der Waals surface area contributed by atoms with Gasteiger partial charge in [-0.15, -0.1) is 0 Å². The Morgan fingerprint density at radius 3 is 2.96 bits per heavy atom. The summed E-state index contributed by atoms with van der Waals surface area (Å²) in [5.41, 5.74) is 1.79. The van der Waals surface area contributed by atoms with E-state index in [1.54, 1.807) is 7.11 Å². The summed E-state index contributed by atoms with van der Waals surface area (Å²) in [5.74, 6) is -0.327. The molecular weight excluding hydrogens is 296 g/mol. The molecule has 23 heavy (non-hydrogen) atoms. The van der Waals surface area contributed by atoms with Gasteiger partial charge in [0.2, 0.25) is 5.91 Å². The number of nitrogens with one attached hydrogen (secondary N) is 1. The highest BCUT2D eigenvalue weighted by Gasteiger charge is 2.31. The van der Waals surface area contributed by atoms with E-state index in [1.807, 2.05) is 24.4 Å². The number of ether oxygens (including phenoxy) is 1. The maximum absolute atomic E-state index is 12.6. The van der Waals surface area contributed by atoms with Crippen LogP contribution in [0.3, 0.4) is 0 Å². The predicted molar refractivity (Wildman–Crippen MR) is 85.5 cm³/mol. The molecule has 1 atom stereocenters. The molecule has 0 aliphatic carbocycles. The second kappa shape index (κ2) is 6.32. The number of piperidine rings is 1. The summed E-state index contributed by atoms with van der Waals surface area (Å²) in [6.07, 6.45) is 4.24. The number of hydrogen-bond donors (Lipinski definition) is 2. The molecule has 0 spiro atoms. The van der Waals surface area contributed by atoms with Gasteiger partial charge in [-0.05, 0) is 43.0 Å². The average Bonchev–Trinajstić information content (AvgIpc) is 2.96. The SMILES string of the molecule is COc1ccc2[nH]cc(CC(=O)N3CCCC[C@H]3C(=O)O)c2c1. The van der Waals surface area contributed by atoms with Crippen LogP contribution in [0.4, 0.5) is 0 Å². The van der Waals surface area contributed by atoms with E-state index in [9.17, 15) is 14.7 Å². The summed E-state index contributed by atoms with van der Waals surface area (Å²) in [5, 5.41) is 10.2. The fourth-order valence-electron chi connectivity index (χ4n) is 3.18. The Bertz CT molecular complexity index is 737. The predicted octanol–water partition coefficient (Wildman–Crippen LogP) is 2.18. The van der Waals surface area contributed by atoms with Crippen LogP contribution in [0.5, 0.6) is 5.75 Å². The highest BCUT2D eigenvalue weighted by atomic mass is 16.5. The van der Waals surface area contributed by atoms with Crippen LogP contribution in [0.25, 0.3) is 10.9 Å². The molecule has 0 saturated carbocycles. The molecule has 2 heterocycles. The molecule has 1 amide bonds. The number of fused-ring (bicyclic) bond motifs is 1. The highest BCUT2D eigenvalue weighted by molar-refractivity contribution is 5.91. The average molecular weight is 316 g/mol. The molecule has 2 aromatic rings. The van der Waals surface area contributed by atoms with Crippen molar-refractivity contribution >= 4 is 22.8 Å². The van der Waals surface area contributed by atoms with Gasteiger partial charge in [-0.2, -0.15) is 0 Å². The van der Waals surface area contributed by atoms with Gasteiger partial charge < -0.3 is 19.7 Å². The number of carbonyl (C=O) groups excluding carboxylic acids is 1. The van der Waals surface area contributed by atoms with Crippen LogP contribution < -0.4 is 4.74 Å². The van der Waals surface area contributed by atoms with Crippen LogP contribution in [-0.2, 0) is 16.0 Å². The summed E-state index contributed by atoms with van der Waals surface area (Å²) in [7, 11) is 1.60. The van der Waals surface area contributed by atoms with Crippen LogP contribution in [-0.4, -0.2) is 46.6 Å². The van der Waals surface area contributed by atoms with Crippen molar-refractivity contribution in [2.45, 2.75) is 31.7 Å². The van der Waals surface area contributed by atoms with Crippen molar-refractivity contribution in [2.24, 2.45) is 0 Å². The topological polar surface area (TPSA) is 82.6 Å². The van der Waals surface area contributed by atoms with Crippen LogP contribution in [0.2, 0.25) is 0 Å². The van der Waals surface area contributed by atoms with Crippen molar-refractivity contribution in [3.63, 3.8) is 0 Å². The molecule has 6 heteroatoms. The first-order valence-corrected chi connectivity index (χ1v) is 7.76. The van der Waals surface area contributed by atoms with Crippen molar-refractivity contribution in [1.29, 1.82) is 0 Å². The molecule has 1 aliphatic heterocycles. The summed E-state index contributed by atoms with van der Waals surface area (Å²) in [4.78, 5) is 28.6. The molecular formula is C17H20N2O4. The number of amides is 1. The molecule has 1 fully saturated rings. The van der Waals surface area contributed by atoms with E-state index in [0.717, 1.165) is 35.1 Å². The van der Waals surface area contributed by atoms with Gasteiger partial charge in [0.05, 0.1) is 13.5 Å². The van der Waals surface area contributed by atoms with Crippen molar-refractivity contribution in [3.05, 3.63) is 30.0 Å². The number of benzene rings is 1. The lowest BCUT2D eigenvalue weighted by Crippen LogP contribution is -2.48. The second-order valence-corrected chi connectivity index (χ2v) is 5.84. The minimum Gasteiger partial charge on any atom is -0.497 e. The van der Waals surface area contributed by atoms with E-state index in [4.69, 9.17) is 4.74 Å². The Kier molecular flexibility index (Phi) is 4.23. The Morgan fingerprint density at radius 1 is 1.39 bits per heavy atom. The monoisotopic (exact) mass is 316 g/mol. The third-order valence-corrected chi connectivity index (χ3v) is 4.42. The number of hydrogen-bond acceptors (Lipinski definition) is 3. The molecule has 1 saturated heterocycles. The number of H-pyrrole nitrogens is 1. The smallest absolute Gasteiger partial charge is 0.326 e. The van der Waals surface area contributed by atoms with Gasteiger partial charge in [0.25, 0.3) is 0 Å². The molecule has 1 aliphatic rings. The second-order valence-electron chi connectivity index (χ2n) is 5.84. The number of nitrogens with zero attached hydrogens (tertiary/aromatic N) is 1. The zero-order chi connectivity index (χ0) is 16.4. The van der Waals surface area contributed by atoms with Crippen molar-refractivity contribution in [1.82, 2.24) is 9.88 Å². The van der Waals surface area contributed by atoms with Crippen LogP contribution in [0.1, 0.15) is 24.8 Å². The fourth-order valence-corrected chi connectivity index (χ4v) is 3.18. The van der Waals surface area contributed by atoms with Gasteiger partial charge in [-0.3, -0.25) is 4.79 Å². The van der Waals surface area contributed by atoms with Crippen LogP contribution in [0.15, 0.2) is 24.4 Å². The number of methoxy groups -OCH3 is 1. The lowest BCUT2D eigenvalue weighted by molar-refractivity contribution is -0.151. The number of aromatic amines is 1. The lowest BCUT2D eigenvalue weighted by atomic mass is 10.0. The largest absolute Gasteiger partial charge is 0.497 e. The van der Waals surface area contributed by atoms with Gasteiger partial charge in [0.15, 0.2) is 0 Å². The summed E-state index contributed by atoms with van der Waals surface area (Å²) in [6.45, 7) is 0.515. The minimum atomic E-state index is -0.918. The van der Waals surface area contributed by atoms with Gasteiger partial charge in [-0.25, -0.2) is 4.79 Å². The fraction of sp³-hybridized carbons (Fsp3) is 0.412. The van der Waals surface area contributed by atoms with Crippen molar-refractivity contribution in [3.8, 4) is 5.75 Å². The lowest BCUT2D eigenvalue weighted by Gasteiger charge is -2.33.